The van der Waals surface area contributed by atoms with Crippen LogP contribution in [-0.2, 0) is 0 Å². The molecule has 0 radical (unpaired) electrons. The zero-order chi connectivity index (χ0) is 22.5. The van der Waals surface area contributed by atoms with Crippen LogP contribution in [0.1, 0.15) is 75.5 Å². The molecule has 0 amide bonds. The smallest absolute Gasteiger partial charge is 0.132 e. The van der Waals surface area contributed by atoms with Crippen molar-refractivity contribution in [1.29, 1.82) is 0 Å². The molecular weight excluding hydrogens is 392 g/mol. The van der Waals surface area contributed by atoms with Crippen LogP contribution in [0.3, 0.4) is 0 Å². The predicted octanol–water partition coefficient (Wildman–Crippen LogP) is 6.31. The summed E-state index contributed by atoms with van der Waals surface area (Å²) in [5, 5.41) is 11.0. The normalized spacial score (nSPS) is 11.8. The standard InChI is InChI=1S/C26H38O5/c1-5-6-7-8-9-10-11-12-17-31-21-15-13-20(14-16-21)26(27)25-23(29-3)18-22(28-2)19-24(25)30-4/h13-16,18-19,26-27H,5-12,17H2,1-4H3. The molecule has 1 N–H and O–H groups in total. The monoisotopic (exact) mass is 430 g/mol. The third kappa shape index (κ3) is 7.66. The van der Waals surface area contributed by atoms with Crippen molar-refractivity contribution >= 4 is 0 Å². The fourth-order valence-corrected chi connectivity index (χ4v) is 3.64. The van der Waals surface area contributed by atoms with Gasteiger partial charge in [-0.05, 0) is 24.1 Å². The summed E-state index contributed by atoms with van der Waals surface area (Å²) in [5.74, 6) is 2.44. The Morgan fingerprint density at radius 2 is 1.26 bits per heavy atom. The van der Waals surface area contributed by atoms with E-state index >= 15 is 0 Å². The van der Waals surface area contributed by atoms with Crippen LogP contribution in [0.5, 0.6) is 23.0 Å². The minimum Gasteiger partial charge on any atom is -0.496 e. The molecule has 5 heteroatoms. The van der Waals surface area contributed by atoms with Crippen molar-refractivity contribution in [3.05, 3.63) is 47.5 Å². The van der Waals surface area contributed by atoms with Crippen molar-refractivity contribution < 1.29 is 24.1 Å². The van der Waals surface area contributed by atoms with E-state index in [1.807, 2.05) is 24.3 Å². The van der Waals surface area contributed by atoms with E-state index in [1.54, 1.807) is 33.5 Å². The SMILES string of the molecule is CCCCCCCCCCOc1ccc(C(O)c2c(OC)cc(OC)cc2OC)cc1. The Morgan fingerprint density at radius 3 is 1.77 bits per heavy atom. The molecule has 2 aromatic carbocycles. The summed E-state index contributed by atoms with van der Waals surface area (Å²) in [6.07, 6.45) is 9.35. The number of aliphatic hydroxyl groups excluding tert-OH is 1. The highest BCUT2D eigenvalue weighted by Gasteiger charge is 2.22. The van der Waals surface area contributed by atoms with Crippen molar-refractivity contribution in [1.82, 2.24) is 0 Å². The molecular formula is C26H38O5. The lowest BCUT2D eigenvalue weighted by atomic mass is 9.99. The molecule has 0 aliphatic carbocycles. The van der Waals surface area contributed by atoms with Crippen LogP contribution in [0, 0.1) is 0 Å². The molecule has 0 saturated heterocycles. The molecule has 0 spiro atoms. The van der Waals surface area contributed by atoms with Gasteiger partial charge in [-0.15, -0.1) is 0 Å². The molecule has 2 rings (SSSR count). The van der Waals surface area contributed by atoms with Crippen molar-refractivity contribution in [3.8, 4) is 23.0 Å². The lowest BCUT2D eigenvalue weighted by molar-refractivity contribution is 0.208. The van der Waals surface area contributed by atoms with Crippen LogP contribution in [0.25, 0.3) is 0 Å². The molecule has 0 heterocycles. The predicted molar refractivity (Wildman–Crippen MR) is 125 cm³/mol. The Labute approximate surface area is 187 Å². The maximum absolute atomic E-state index is 11.0. The number of benzene rings is 2. The Kier molecular flexibility index (Phi) is 11.1. The molecule has 0 fully saturated rings. The van der Waals surface area contributed by atoms with Crippen LogP contribution in [0.2, 0.25) is 0 Å². The van der Waals surface area contributed by atoms with Gasteiger partial charge in [-0.1, -0.05) is 64.0 Å². The quantitative estimate of drug-likeness (QED) is 0.335. The van der Waals surface area contributed by atoms with Crippen LogP contribution >= 0.6 is 0 Å². The molecule has 0 aromatic heterocycles. The van der Waals surface area contributed by atoms with E-state index in [9.17, 15) is 5.11 Å². The van der Waals surface area contributed by atoms with E-state index in [1.165, 1.54) is 44.9 Å². The third-order valence-electron chi connectivity index (χ3n) is 5.49. The van der Waals surface area contributed by atoms with Gasteiger partial charge in [0.15, 0.2) is 0 Å². The van der Waals surface area contributed by atoms with Crippen molar-refractivity contribution in [3.63, 3.8) is 0 Å². The van der Waals surface area contributed by atoms with Gasteiger partial charge < -0.3 is 24.1 Å². The average Bonchev–Trinajstić information content (AvgIpc) is 2.82. The molecule has 2 aromatic rings. The molecule has 0 bridgehead atoms. The highest BCUT2D eigenvalue weighted by Crippen LogP contribution is 2.40. The molecule has 31 heavy (non-hydrogen) atoms. The molecule has 1 atom stereocenters. The topological polar surface area (TPSA) is 57.2 Å². The Balaban J connectivity index is 1.89. The Morgan fingerprint density at radius 1 is 0.710 bits per heavy atom. The summed E-state index contributed by atoms with van der Waals surface area (Å²) >= 11 is 0. The van der Waals surface area contributed by atoms with E-state index in [0.717, 1.165) is 24.3 Å². The van der Waals surface area contributed by atoms with Crippen LogP contribution in [-0.4, -0.2) is 33.0 Å². The minimum atomic E-state index is -0.891. The first-order valence-electron chi connectivity index (χ1n) is 11.3. The Hall–Kier alpha value is -2.40. The summed E-state index contributed by atoms with van der Waals surface area (Å²) in [4.78, 5) is 0. The van der Waals surface area contributed by atoms with Crippen LogP contribution in [0.15, 0.2) is 36.4 Å². The van der Waals surface area contributed by atoms with Gasteiger partial charge in [0.05, 0.1) is 33.5 Å². The summed E-state index contributed by atoms with van der Waals surface area (Å²) in [6, 6.07) is 11.0. The van der Waals surface area contributed by atoms with Gasteiger partial charge in [-0.2, -0.15) is 0 Å². The van der Waals surface area contributed by atoms with Crippen LogP contribution < -0.4 is 18.9 Å². The second-order valence-electron chi connectivity index (χ2n) is 7.74. The molecule has 1 unspecified atom stereocenters. The number of methoxy groups -OCH3 is 3. The first-order valence-corrected chi connectivity index (χ1v) is 11.3. The van der Waals surface area contributed by atoms with Gasteiger partial charge in [0, 0.05) is 12.1 Å². The molecule has 172 valence electrons. The lowest BCUT2D eigenvalue weighted by Gasteiger charge is -2.20. The van der Waals surface area contributed by atoms with E-state index in [2.05, 4.69) is 6.92 Å². The molecule has 0 aliphatic rings. The zero-order valence-electron chi connectivity index (χ0n) is 19.5. The average molecular weight is 431 g/mol. The molecule has 5 nitrogen and oxygen atoms in total. The number of rotatable bonds is 15. The molecule has 0 saturated carbocycles. The first-order chi connectivity index (χ1) is 15.1. The van der Waals surface area contributed by atoms with Gasteiger partial charge in [-0.25, -0.2) is 0 Å². The van der Waals surface area contributed by atoms with E-state index in [4.69, 9.17) is 18.9 Å². The van der Waals surface area contributed by atoms with Gasteiger partial charge in [0.25, 0.3) is 0 Å². The van der Waals surface area contributed by atoms with Gasteiger partial charge in [-0.3, -0.25) is 0 Å². The van der Waals surface area contributed by atoms with Gasteiger partial charge >= 0.3 is 0 Å². The number of unbranched alkanes of at least 4 members (excludes halogenated alkanes) is 7. The summed E-state index contributed by atoms with van der Waals surface area (Å²) in [6.45, 7) is 2.97. The number of ether oxygens (including phenoxy) is 4. The van der Waals surface area contributed by atoms with Crippen molar-refractivity contribution in [2.24, 2.45) is 0 Å². The maximum atomic E-state index is 11.0. The highest BCUT2D eigenvalue weighted by atomic mass is 16.5. The van der Waals surface area contributed by atoms with E-state index < -0.39 is 6.10 Å². The van der Waals surface area contributed by atoms with Gasteiger partial charge in [0.2, 0.25) is 0 Å². The van der Waals surface area contributed by atoms with Gasteiger partial charge in [0.1, 0.15) is 29.1 Å². The van der Waals surface area contributed by atoms with Crippen LogP contribution in [0.4, 0.5) is 0 Å². The summed E-state index contributed by atoms with van der Waals surface area (Å²) < 4.78 is 22.1. The van der Waals surface area contributed by atoms with Crippen molar-refractivity contribution in [2.45, 2.75) is 64.4 Å². The summed E-state index contributed by atoms with van der Waals surface area (Å²) in [7, 11) is 4.70. The zero-order valence-corrected chi connectivity index (χ0v) is 19.5. The number of hydrogen-bond acceptors (Lipinski definition) is 5. The lowest BCUT2D eigenvalue weighted by Crippen LogP contribution is -2.06. The van der Waals surface area contributed by atoms with E-state index in [-0.39, 0.29) is 0 Å². The minimum absolute atomic E-state index is 0.513. The number of hydrogen-bond donors (Lipinski definition) is 1. The number of aliphatic hydroxyl groups is 1. The first kappa shape index (κ1) is 24.9. The van der Waals surface area contributed by atoms with Crippen molar-refractivity contribution in [2.75, 3.05) is 27.9 Å². The largest absolute Gasteiger partial charge is 0.496 e. The fraction of sp³-hybridized carbons (Fsp3) is 0.538. The maximum Gasteiger partial charge on any atom is 0.132 e. The third-order valence-corrected chi connectivity index (χ3v) is 5.49. The second-order valence-corrected chi connectivity index (χ2v) is 7.74. The Bertz CT molecular complexity index is 732. The highest BCUT2D eigenvalue weighted by molar-refractivity contribution is 5.54. The summed E-state index contributed by atoms with van der Waals surface area (Å²) in [5.41, 5.74) is 1.31. The molecule has 0 aliphatic heterocycles. The van der Waals surface area contributed by atoms with E-state index in [0.29, 0.717) is 22.8 Å². The second kappa shape index (κ2) is 13.8. The fourth-order valence-electron chi connectivity index (χ4n) is 3.64.